The third kappa shape index (κ3) is 2.90. The summed E-state index contributed by atoms with van der Waals surface area (Å²) in [6.07, 6.45) is 6.70. The third-order valence-electron chi connectivity index (χ3n) is 5.07. The van der Waals surface area contributed by atoms with Crippen molar-refractivity contribution in [3.8, 4) is 0 Å². The Morgan fingerprint density at radius 1 is 1.15 bits per heavy atom. The van der Waals surface area contributed by atoms with E-state index in [9.17, 15) is 4.79 Å². The smallest absolute Gasteiger partial charge is 0.318 e. The van der Waals surface area contributed by atoms with E-state index in [0.717, 1.165) is 17.7 Å². The fourth-order valence-electron chi connectivity index (χ4n) is 3.58. The minimum Gasteiger partial charge on any atom is -0.465 e. The van der Waals surface area contributed by atoms with Crippen LogP contribution in [0.15, 0.2) is 72.9 Å². The highest BCUT2D eigenvalue weighted by Crippen LogP contribution is 2.55. The molecule has 0 spiro atoms. The highest BCUT2D eigenvalue weighted by molar-refractivity contribution is 5.88. The van der Waals surface area contributed by atoms with Gasteiger partial charge in [0.1, 0.15) is 5.41 Å². The molecule has 2 unspecified atom stereocenters. The number of rotatable bonds is 5. The van der Waals surface area contributed by atoms with E-state index < -0.39 is 5.41 Å². The van der Waals surface area contributed by atoms with Crippen LogP contribution in [-0.4, -0.2) is 17.6 Å². The quantitative estimate of drug-likeness (QED) is 0.627. The van der Waals surface area contributed by atoms with Crippen molar-refractivity contribution in [1.29, 1.82) is 0 Å². The summed E-state index contributed by atoms with van der Waals surface area (Å²) in [5.74, 6) is -0.0604. The molecule has 2 atom stereocenters. The van der Waals surface area contributed by atoms with E-state index in [2.05, 4.69) is 47.5 Å². The van der Waals surface area contributed by atoms with Crippen LogP contribution >= 0.6 is 0 Å². The van der Waals surface area contributed by atoms with E-state index in [4.69, 9.17) is 4.74 Å². The molecular weight excluding hydrogens is 322 g/mol. The second-order valence-electron chi connectivity index (χ2n) is 6.68. The van der Waals surface area contributed by atoms with Crippen LogP contribution < -0.4 is 0 Å². The zero-order valence-electron chi connectivity index (χ0n) is 14.8. The van der Waals surface area contributed by atoms with Gasteiger partial charge in [-0.25, -0.2) is 0 Å². The van der Waals surface area contributed by atoms with E-state index in [1.165, 1.54) is 10.8 Å². The molecule has 1 saturated carbocycles. The second kappa shape index (κ2) is 6.75. The molecule has 0 radical (unpaired) electrons. The Balaban J connectivity index is 1.60. The Hall–Kier alpha value is -2.94. The summed E-state index contributed by atoms with van der Waals surface area (Å²) in [5, 5.41) is 2.44. The molecule has 0 saturated heterocycles. The van der Waals surface area contributed by atoms with Gasteiger partial charge < -0.3 is 4.74 Å². The van der Waals surface area contributed by atoms with Crippen molar-refractivity contribution in [2.75, 3.05) is 6.61 Å². The van der Waals surface area contributed by atoms with E-state index in [0.29, 0.717) is 6.61 Å². The molecule has 1 heterocycles. The van der Waals surface area contributed by atoms with Gasteiger partial charge in [-0.15, -0.1) is 0 Å². The maximum atomic E-state index is 12.6. The molecule has 1 aromatic heterocycles. The molecule has 0 amide bonds. The number of hydrogen-bond donors (Lipinski definition) is 0. The van der Waals surface area contributed by atoms with Crippen LogP contribution in [0, 0.1) is 5.92 Å². The summed E-state index contributed by atoms with van der Waals surface area (Å²) < 4.78 is 5.35. The molecule has 130 valence electrons. The standard InChI is InChI=1S/C23H21NO2/c1-2-26-22(25)23(21-9-5-6-14-24-21)16-20(23)13-11-17-10-12-18-7-3-4-8-19(18)15-17/h3-15,20H,2,16H2,1H3/b13-11+. The van der Waals surface area contributed by atoms with Crippen molar-refractivity contribution < 1.29 is 9.53 Å². The first-order chi connectivity index (χ1) is 12.7. The van der Waals surface area contributed by atoms with Crippen LogP contribution in [0.2, 0.25) is 0 Å². The van der Waals surface area contributed by atoms with E-state index in [1.807, 2.05) is 37.3 Å². The number of nitrogens with zero attached hydrogens (tertiary/aromatic N) is 1. The molecule has 1 aliphatic carbocycles. The maximum absolute atomic E-state index is 12.6. The summed E-state index contributed by atoms with van der Waals surface area (Å²) in [5.41, 5.74) is 1.30. The van der Waals surface area contributed by atoms with E-state index in [-0.39, 0.29) is 11.9 Å². The number of hydrogen-bond acceptors (Lipinski definition) is 3. The van der Waals surface area contributed by atoms with Gasteiger partial charge in [-0.1, -0.05) is 54.6 Å². The number of carbonyl (C=O) groups is 1. The molecular formula is C23H21NO2. The number of benzene rings is 2. The molecule has 1 fully saturated rings. The predicted molar refractivity (Wildman–Crippen MR) is 104 cm³/mol. The number of carbonyl (C=O) groups excluding carboxylic acids is 1. The summed E-state index contributed by atoms with van der Waals surface area (Å²) in [7, 11) is 0. The lowest BCUT2D eigenvalue weighted by Crippen LogP contribution is -2.26. The number of fused-ring (bicyclic) bond motifs is 1. The number of allylic oxidation sites excluding steroid dienone is 1. The maximum Gasteiger partial charge on any atom is 0.318 e. The highest BCUT2D eigenvalue weighted by Gasteiger charge is 2.62. The molecule has 3 aromatic rings. The van der Waals surface area contributed by atoms with Gasteiger partial charge in [0.15, 0.2) is 0 Å². The minimum absolute atomic E-state index is 0.114. The Labute approximate surface area is 153 Å². The van der Waals surface area contributed by atoms with Crippen molar-refractivity contribution in [3.05, 3.63) is 84.2 Å². The Morgan fingerprint density at radius 3 is 2.73 bits per heavy atom. The van der Waals surface area contributed by atoms with Gasteiger partial charge in [0.05, 0.1) is 12.3 Å². The molecule has 2 aromatic carbocycles. The van der Waals surface area contributed by atoms with Crippen molar-refractivity contribution >= 4 is 22.8 Å². The molecule has 3 nitrogen and oxygen atoms in total. The molecule has 26 heavy (non-hydrogen) atoms. The van der Waals surface area contributed by atoms with Crippen molar-refractivity contribution in [3.63, 3.8) is 0 Å². The van der Waals surface area contributed by atoms with Gasteiger partial charge in [0.25, 0.3) is 0 Å². The van der Waals surface area contributed by atoms with Crippen molar-refractivity contribution in [2.45, 2.75) is 18.8 Å². The van der Waals surface area contributed by atoms with Gasteiger partial charge in [-0.3, -0.25) is 9.78 Å². The summed E-state index contributed by atoms with van der Waals surface area (Å²) in [4.78, 5) is 17.1. The summed E-state index contributed by atoms with van der Waals surface area (Å²) >= 11 is 0. The number of ether oxygens (including phenoxy) is 1. The molecule has 3 heteroatoms. The van der Waals surface area contributed by atoms with Crippen LogP contribution in [-0.2, 0) is 14.9 Å². The van der Waals surface area contributed by atoms with Crippen LogP contribution in [0.25, 0.3) is 16.8 Å². The van der Waals surface area contributed by atoms with Gasteiger partial charge in [0, 0.05) is 12.1 Å². The van der Waals surface area contributed by atoms with Crippen molar-refractivity contribution in [2.24, 2.45) is 5.92 Å². The first-order valence-corrected chi connectivity index (χ1v) is 9.00. The van der Waals surface area contributed by atoms with Crippen molar-refractivity contribution in [1.82, 2.24) is 4.98 Å². The number of pyridine rings is 1. The minimum atomic E-state index is -0.634. The lowest BCUT2D eigenvalue weighted by atomic mass is 9.97. The molecule has 0 aliphatic heterocycles. The van der Waals surface area contributed by atoms with Crippen LogP contribution in [0.4, 0.5) is 0 Å². The number of aromatic nitrogens is 1. The first kappa shape index (κ1) is 16.5. The van der Waals surface area contributed by atoms with Gasteiger partial charge in [-0.05, 0) is 47.9 Å². The lowest BCUT2D eigenvalue weighted by molar-refractivity contribution is -0.146. The second-order valence-corrected chi connectivity index (χ2v) is 6.68. The average Bonchev–Trinajstić information content (AvgIpc) is 3.43. The zero-order valence-corrected chi connectivity index (χ0v) is 14.8. The Morgan fingerprint density at radius 2 is 1.96 bits per heavy atom. The van der Waals surface area contributed by atoms with Crippen LogP contribution in [0.3, 0.4) is 0 Å². The van der Waals surface area contributed by atoms with Crippen LogP contribution in [0.1, 0.15) is 24.6 Å². The molecule has 0 bridgehead atoms. The average molecular weight is 343 g/mol. The van der Waals surface area contributed by atoms with E-state index >= 15 is 0 Å². The predicted octanol–water partition coefficient (Wildman–Crippen LogP) is 4.77. The first-order valence-electron chi connectivity index (χ1n) is 9.00. The zero-order chi connectivity index (χ0) is 18.0. The monoisotopic (exact) mass is 343 g/mol. The van der Waals surface area contributed by atoms with E-state index in [1.54, 1.807) is 6.20 Å². The normalized spacial score (nSPS) is 21.8. The Bertz CT molecular complexity index is 964. The molecule has 0 N–H and O–H groups in total. The fourth-order valence-corrected chi connectivity index (χ4v) is 3.58. The van der Waals surface area contributed by atoms with Crippen LogP contribution in [0.5, 0.6) is 0 Å². The Kier molecular flexibility index (Phi) is 4.29. The SMILES string of the molecule is CCOC(=O)C1(c2ccccn2)CC1/C=C/c1ccc2ccccc2c1. The summed E-state index contributed by atoms with van der Waals surface area (Å²) in [6, 6.07) is 20.4. The largest absolute Gasteiger partial charge is 0.465 e. The molecule has 1 aliphatic rings. The number of esters is 1. The van der Waals surface area contributed by atoms with Gasteiger partial charge in [0.2, 0.25) is 0 Å². The topological polar surface area (TPSA) is 39.2 Å². The fraction of sp³-hybridized carbons (Fsp3) is 0.217. The van der Waals surface area contributed by atoms with Gasteiger partial charge in [-0.2, -0.15) is 0 Å². The van der Waals surface area contributed by atoms with Gasteiger partial charge >= 0.3 is 5.97 Å². The molecule has 4 rings (SSSR count). The lowest BCUT2D eigenvalue weighted by Gasteiger charge is -2.14. The summed E-state index contributed by atoms with van der Waals surface area (Å²) in [6.45, 7) is 2.22. The third-order valence-corrected chi connectivity index (χ3v) is 5.07. The highest BCUT2D eigenvalue weighted by atomic mass is 16.5.